The van der Waals surface area contributed by atoms with E-state index in [0.717, 1.165) is 12.8 Å². The van der Waals surface area contributed by atoms with Crippen LogP contribution in [0.15, 0.2) is 23.1 Å². The van der Waals surface area contributed by atoms with Crippen LogP contribution in [0.5, 0.6) is 0 Å². The van der Waals surface area contributed by atoms with E-state index < -0.39 is 21.8 Å². The maximum absolute atomic E-state index is 14.1. The van der Waals surface area contributed by atoms with Crippen molar-refractivity contribution < 1.29 is 17.5 Å². The second kappa shape index (κ2) is 4.72. The number of nitrogens with one attached hydrogen (secondary N) is 1. The molecule has 1 aromatic rings. The molecule has 1 saturated heterocycles. The molecule has 0 radical (unpaired) electrons. The van der Waals surface area contributed by atoms with Crippen molar-refractivity contribution in [1.82, 2.24) is 5.32 Å². The number of hydrogen-bond acceptors (Lipinski definition) is 4. The van der Waals surface area contributed by atoms with Gasteiger partial charge in [-0.05, 0) is 6.07 Å². The molecule has 0 aromatic heterocycles. The van der Waals surface area contributed by atoms with Gasteiger partial charge in [-0.25, -0.2) is 12.8 Å². The Hall–Kier alpha value is -0.980. The summed E-state index contributed by atoms with van der Waals surface area (Å²) in [5, 5.41) is 3.08. The number of benzene rings is 1. The highest BCUT2D eigenvalue weighted by molar-refractivity contribution is 7.90. The Morgan fingerprint density at radius 2 is 2.24 bits per heavy atom. The summed E-state index contributed by atoms with van der Waals surface area (Å²) in [5.74, 6) is -0.705. The summed E-state index contributed by atoms with van der Waals surface area (Å²) in [6.45, 7) is 1.71. The first-order chi connectivity index (χ1) is 8.00. The molecular weight excluding hydrogens is 245 g/mol. The molecule has 17 heavy (non-hydrogen) atoms. The first kappa shape index (κ1) is 12.5. The molecule has 1 fully saturated rings. The summed E-state index contributed by atoms with van der Waals surface area (Å²) in [7, 11) is -3.55. The van der Waals surface area contributed by atoms with Crippen LogP contribution >= 0.6 is 0 Å². The topological polar surface area (TPSA) is 55.4 Å². The van der Waals surface area contributed by atoms with Gasteiger partial charge in [0.15, 0.2) is 9.84 Å². The predicted molar refractivity (Wildman–Crippen MR) is 61.1 cm³/mol. The lowest BCUT2D eigenvalue weighted by atomic mass is 10.1. The van der Waals surface area contributed by atoms with Gasteiger partial charge in [-0.15, -0.1) is 0 Å². The number of hydrogen-bond donors (Lipinski definition) is 1. The molecule has 0 saturated carbocycles. The van der Waals surface area contributed by atoms with Gasteiger partial charge in [0.25, 0.3) is 0 Å². The second-order valence-electron chi connectivity index (χ2n) is 4.00. The van der Waals surface area contributed by atoms with E-state index in [1.165, 1.54) is 12.1 Å². The van der Waals surface area contributed by atoms with Crippen LogP contribution in [0.4, 0.5) is 4.39 Å². The number of sulfone groups is 1. The molecule has 1 aliphatic rings. The average molecular weight is 259 g/mol. The molecule has 0 bridgehead atoms. The van der Waals surface area contributed by atoms with Gasteiger partial charge in [-0.3, -0.25) is 0 Å². The summed E-state index contributed by atoms with van der Waals surface area (Å²) < 4.78 is 42.3. The summed E-state index contributed by atoms with van der Waals surface area (Å²) in [5.41, 5.74) is 0.292. The van der Waals surface area contributed by atoms with Gasteiger partial charge < -0.3 is 10.1 Å². The predicted octanol–water partition coefficient (Wildman–Crippen LogP) is 0.890. The molecule has 0 spiro atoms. The van der Waals surface area contributed by atoms with Crippen LogP contribution in [0.3, 0.4) is 0 Å². The quantitative estimate of drug-likeness (QED) is 0.857. The highest BCUT2D eigenvalue weighted by atomic mass is 32.2. The van der Waals surface area contributed by atoms with Crippen molar-refractivity contribution in [2.75, 3.05) is 26.0 Å². The Kier molecular flexibility index (Phi) is 3.46. The molecule has 94 valence electrons. The van der Waals surface area contributed by atoms with Crippen LogP contribution in [0.25, 0.3) is 0 Å². The molecule has 0 amide bonds. The van der Waals surface area contributed by atoms with E-state index in [-0.39, 0.29) is 4.90 Å². The highest BCUT2D eigenvalue weighted by Crippen LogP contribution is 2.26. The van der Waals surface area contributed by atoms with Crippen molar-refractivity contribution in [2.24, 2.45) is 0 Å². The van der Waals surface area contributed by atoms with E-state index >= 15 is 0 Å². The first-order valence-electron chi connectivity index (χ1n) is 5.31. The summed E-state index contributed by atoms with van der Waals surface area (Å²) in [6, 6.07) is 4.36. The third-order valence-electron chi connectivity index (χ3n) is 2.67. The Labute approximate surface area is 99.7 Å². The van der Waals surface area contributed by atoms with E-state index in [2.05, 4.69) is 5.32 Å². The summed E-state index contributed by atoms with van der Waals surface area (Å²) in [4.78, 5) is -0.274. The number of ether oxygens (including phenoxy) is 1. The molecule has 2 rings (SSSR count). The smallest absolute Gasteiger partial charge is 0.178 e. The van der Waals surface area contributed by atoms with E-state index in [9.17, 15) is 12.8 Å². The van der Waals surface area contributed by atoms with Crippen LogP contribution in [-0.2, 0) is 14.6 Å². The summed E-state index contributed by atoms with van der Waals surface area (Å²) >= 11 is 0. The number of halogens is 1. The molecule has 1 aromatic carbocycles. The fourth-order valence-electron chi connectivity index (χ4n) is 1.83. The van der Waals surface area contributed by atoms with Gasteiger partial charge >= 0.3 is 0 Å². The zero-order chi connectivity index (χ0) is 12.5. The van der Waals surface area contributed by atoms with Crippen LogP contribution in [0.1, 0.15) is 11.7 Å². The van der Waals surface area contributed by atoms with Gasteiger partial charge in [0.1, 0.15) is 10.7 Å². The van der Waals surface area contributed by atoms with Crippen LogP contribution in [-0.4, -0.2) is 34.4 Å². The second-order valence-corrected chi connectivity index (χ2v) is 5.98. The molecule has 1 unspecified atom stereocenters. The number of rotatable bonds is 2. The maximum Gasteiger partial charge on any atom is 0.178 e. The molecule has 0 aliphatic carbocycles. The third-order valence-corrected chi connectivity index (χ3v) is 3.78. The lowest BCUT2D eigenvalue weighted by Crippen LogP contribution is -2.33. The minimum Gasteiger partial charge on any atom is -0.371 e. The molecular formula is C11H14FNO3S. The zero-order valence-electron chi connectivity index (χ0n) is 9.44. The van der Waals surface area contributed by atoms with Gasteiger partial charge in [0, 0.05) is 24.9 Å². The third kappa shape index (κ3) is 2.65. The molecule has 1 atom stereocenters. The molecule has 4 nitrogen and oxygen atoms in total. The van der Waals surface area contributed by atoms with Crippen molar-refractivity contribution in [3.8, 4) is 0 Å². The molecule has 1 heterocycles. The maximum atomic E-state index is 14.1. The first-order valence-corrected chi connectivity index (χ1v) is 7.20. The Morgan fingerprint density at radius 3 is 2.82 bits per heavy atom. The Balaban J connectivity index is 2.42. The number of morpholine rings is 1. The average Bonchev–Trinajstić information content (AvgIpc) is 2.29. The van der Waals surface area contributed by atoms with Gasteiger partial charge in [-0.2, -0.15) is 0 Å². The van der Waals surface area contributed by atoms with Crippen LogP contribution < -0.4 is 5.32 Å². The van der Waals surface area contributed by atoms with E-state index in [1.54, 1.807) is 6.07 Å². The van der Waals surface area contributed by atoms with Crippen molar-refractivity contribution in [1.29, 1.82) is 0 Å². The van der Waals surface area contributed by atoms with Gasteiger partial charge in [0.05, 0.1) is 12.7 Å². The fourth-order valence-corrected chi connectivity index (χ4v) is 2.60. The van der Waals surface area contributed by atoms with Gasteiger partial charge in [-0.1, -0.05) is 12.1 Å². The van der Waals surface area contributed by atoms with Crippen molar-refractivity contribution in [3.05, 3.63) is 29.6 Å². The lowest BCUT2D eigenvalue weighted by molar-refractivity contribution is 0.0252. The summed E-state index contributed by atoms with van der Waals surface area (Å²) in [6.07, 6.45) is 0.570. The highest BCUT2D eigenvalue weighted by Gasteiger charge is 2.23. The standard InChI is InChI=1S/C11H14FNO3S/c1-17(14,15)10-4-2-3-8(11(10)12)9-7-13-5-6-16-9/h2-4,9,13H,5-7H2,1H3. The van der Waals surface area contributed by atoms with Crippen LogP contribution in [0.2, 0.25) is 0 Å². The molecule has 6 heteroatoms. The lowest BCUT2D eigenvalue weighted by Gasteiger charge is -2.24. The Bertz CT molecular complexity index is 509. The van der Waals surface area contributed by atoms with E-state index in [1.807, 2.05) is 0 Å². The zero-order valence-corrected chi connectivity index (χ0v) is 10.3. The molecule has 1 N–H and O–H groups in total. The van der Waals surface area contributed by atoms with Crippen molar-refractivity contribution in [2.45, 2.75) is 11.0 Å². The largest absolute Gasteiger partial charge is 0.371 e. The van der Waals surface area contributed by atoms with Gasteiger partial charge in [0.2, 0.25) is 0 Å². The Morgan fingerprint density at radius 1 is 1.47 bits per heavy atom. The fraction of sp³-hybridized carbons (Fsp3) is 0.455. The minimum absolute atomic E-state index is 0.274. The van der Waals surface area contributed by atoms with Crippen molar-refractivity contribution in [3.63, 3.8) is 0 Å². The van der Waals surface area contributed by atoms with E-state index in [0.29, 0.717) is 18.7 Å². The van der Waals surface area contributed by atoms with E-state index in [4.69, 9.17) is 4.74 Å². The normalized spacial score (nSPS) is 21.4. The minimum atomic E-state index is -3.55. The van der Waals surface area contributed by atoms with Crippen LogP contribution in [0, 0.1) is 5.82 Å². The van der Waals surface area contributed by atoms with Crippen molar-refractivity contribution >= 4 is 9.84 Å². The SMILES string of the molecule is CS(=O)(=O)c1cccc(C2CNCCO2)c1F. The molecule has 1 aliphatic heterocycles. The monoisotopic (exact) mass is 259 g/mol.